The van der Waals surface area contributed by atoms with E-state index in [4.69, 9.17) is 0 Å². The maximum Gasteiger partial charge on any atom is -0.0273 e. The van der Waals surface area contributed by atoms with Gasteiger partial charge in [0.15, 0.2) is 0 Å². The Labute approximate surface area is 81.4 Å². The molecule has 13 heavy (non-hydrogen) atoms. The molecule has 69 valence electrons. The largest absolute Gasteiger partial charge is 0.0885 e. The van der Waals surface area contributed by atoms with Gasteiger partial charge in [-0.25, -0.2) is 0 Å². The van der Waals surface area contributed by atoms with Crippen LogP contribution in [0.3, 0.4) is 0 Å². The molecule has 0 aromatic rings. The molecule has 0 aromatic heterocycles. The van der Waals surface area contributed by atoms with Crippen molar-refractivity contribution in [1.82, 2.24) is 0 Å². The maximum absolute atomic E-state index is 3.24. The molecule has 0 heterocycles. The first kappa shape index (κ1) is 10.0. The standard InChI is InChI=1S/C13H17/c1-2-4-6-8-10-12-13-11-9-7-5-3-1/h1-5,10,12H,6,8-9,11,13H2. The lowest BCUT2D eigenvalue weighted by Gasteiger charge is -1.89. The molecule has 1 aliphatic rings. The molecule has 0 N–H and O–H groups in total. The first-order valence-electron chi connectivity index (χ1n) is 5.03. The summed E-state index contributed by atoms with van der Waals surface area (Å²) in [6.07, 6.45) is 24.0. The van der Waals surface area contributed by atoms with Gasteiger partial charge in [0.1, 0.15) is 0 Å². The van der Waals surface area contributed by atoms with Crippen LogP contribution in [0.5, 0.6) is 0 Å². The van der Waals surface area contributed by atoms with Crippen LogP contribution in [0.4, 0.5) is 0 Å². The predicted octanol–water partition coefficient (Wildman–Crippen LogP) is 3.98. The summed E-state index contributed by atoms with van der Waals surface area (Å²) in [5.74, 6) is 0. The van der Waals surface area contributed by atoms with Gasteiger partial charge in [0.2, 0.25) is 0 Å². The smallest absolute Gasteiger partial charge is 0.0273 e. The van der Waals surface area contributed by atoms with Crippen molar-refractivity contribution in [1.29, 1.82) is 0 Å². The van der Waals surface area contributed by atoms with E-state index >= 15 is 0 Å². The molecule has 0 spiro atoms. The van der Waals surface area contributed by atoms with E-state index in [2.05, 4.69) is 36.5 Å². The van der Waals surface area contributed by atoms with Crippen molar-refractivity contribution < 1.29 is 0 Å². The van der Waals surface area contributed by atoms with Gasteiger partial charge in [0.25, 0.3) is 0 Å². The predicted molar refractivity (Wildman–Crippen MR) is 58.3 cm³/mol. The molecule has 0 saturated heterocycles. The summed E-state index contributed by atoms with van der Waals surface area (Å²) < 4.78 is 0. The summed E-state index contributed by atoms with van der Waals surface area (Å²) in [5.41, 5.74) is 0. The van der Waals surface area contributed by atoms with Crippen LogP contribution in [0, 0.1) is 6.08 Å². The van der Waals surface area contributed by atoms with Gasteiger partial charge in [-0.1, -0.05) is 42.5 Å². The van der Waals surface area contributed by atoms with Gasteiger partial charge < -0.3 is 0 Å². The summed E-state index contributed by atoms with van der Waals surface area (Å²) in [6.45, 7) is 0. The molecule has 1 radical (unpaired) electrons. The Morgan fingerprint density at radius 2 is 1.62 bits per heavy atom. The third kappa shape index (κ3) is 6.15. The van der Waals surface area contributed by atoms with Crippen LogP contribution in [0.2, 0.25) is 0 Å². The van der Waals surface area contributed by atoms with Gasteiger partial charge in [0, 0.05) is 0 Å². The second-order valence-electron chi connectivity index (χ2n) is 3.12. The molecule has 0 aromatic carbocycles. The first-order valence-corrected chi connectivity index (χ1v) is 5.03. The quantitative estimate of drug-likeness (QED) is 0.486. The van der Waals surface area contributed by atoms with Crippen molar-refractivity contribution in [3.05, 3.63) is 48.6 Å². The zero-order valence-corrected chi connectivity index (χ0v) is 8.08. The fraction of sp³-hybridized carbons (Fsp3) is 0.385. The van der Waals surface area contributed by atoms with Gasteiger partial charge in [-0.2, -0.15) is 0 Å². The minimum atomic E-state index is 1.07. The summed E-state index contributed by atoms with van der Waals surface area (Å²) in [5, 5.41) is 0. The minimum Gasteiger partial charge on any atom is -0.0885 e. The summed E-state index contributed by atoms with van der Waals surface area (Å²) in [4.78, 5) is 0. The SMILES string of the molecule is [C]1=CC=CC=CCCC=CCCC1. The zero-order valence-electron chi connectivity index (χ0n) is 8.08. The van der Waals surface area contributed by atoms with Gasteiger partial charge >= 0.3 is 0 Å². The van der Waals surface area contributed by atoms with Crippen molar-refractivity contribution in [2.24, 2.45) is 0 Å². The summed E-state index contributed by atoms with van der Waals surface area (Å²) in [7, 11) is 0. The van der Waals surface area contributed by atoms with Crippen LogP contribution in [-0.2, 0) is 0 Å². The minimum absolute atomic E-state index is 1.07. The van der Waals surface area contributed by atoms with Crippen molar-refractivity contribution in [2.45, 2.75) is 32.1 Å². The number of rotatable bonds is 0. The Balaban J connectivity index is 2.38. The molecule has 0 atom stereocenters. The highest BCUT2D eigenvalue weighted by atomic mass is 13.9. The van der Waals surface area contributed by atoms with Crippen LogP contribution in [0.1, 0.15) is 32.1 Å². The molecule has 0 amide bonds. The highest BCUT2D eigenvalue weighted by Crippen LogP contribution is 2.01. The summed E-state index contributed by atoms with van der Waals surface area (Å²) in [6, 6.07) is 0. The van der Waals surface area contributed by atoms with E-state index in [9.17, 15) is 0 Å². The van der Waals surface area contributed by atoms with Crippen LogP contribution < -0.4 is 0 Å². The number of hydrogen-bond donors (Lipinski definition) is 0. The molecule has 0 heteroatoms. The van der Waals surface area contributed by atoms with Gasteiger partial charge in [-0.3, -0.25) is 0 Å². The number of hydrogen-bond acceptors (Lipinski definition) is 0. The second-order valence-corrected chi connectivity index (χ2v) is 3.12. The van der Waals surface area contributed by atoms with Crippen molar-refractivity contribution >= 4 is 0 Å². The molecule has 0 aliphatic heterocycles. The Kier molecular flexibility index (Phi) is 5.87. The van der Waals surface area contributed by atoms with Crippen molar-refractivity contribution in [3.63, 3.8) is 0 Å². The highest BCUT2D eigenvalue weighted by Gasteiger charge is 1.81. The van der Waals surface area contributed by atoms with Crippen molar-refractivity contribution in [3.8, 4) is 0 Å². The fourth-order valence-corrected chi connectivity index (χ4v) is 1.20. The van der Waals surface area contributed by atoms with Crippen LogP contribution >= 0.6 is 0 Å². The van der Waals surface area contributed by atoms with Crippen LogP contribution in [0.15, 0.2) is 42.5 Å². The Hall–Kier alpha value is -1.04. The molecule has 0 saturated carbocycles. The van der Waals surface area contributed by atoms with E-state index in [-0.39, 0.29) is 0 Å². The Morgan fingerprint density at radius 1 is 0.769 bits per heavy atom. The van der Waals surface area contributed by atoms with E-state index in [1.54, 1.807) is 0 Å². The third-order valence-electron chi connectivity index (χ3n) is 1.93. The molecule has 0 fully saturated rings. The van der Waals surface area contributed by atoms with Crippen LogP contribution in [-0.4, -0.2) is 0 Å². The molecular weight excluding hydrogens is 156 g/mol. The van der Waals surface area contributed by atoms with Crippen LogP contribution in [0.25, 0.3) is 0 Å². The lowest BCUT2D eigenvalue weighted by molar-refractivity contribution is 0.850. The third-order valence-corrected chi connectivity index (χ3v) is 1.93. The average molecular weight is 173 g/mol. The second kappa shape index (κ2) is 7.60. The van der Waals surface area contributed by atoms with E-state index in [0.29, 0.717) is 0 Å². The van der Waals surface area contributed by atoms with E-state index in [1.807, 2.05) is 12.2 Å². The highest BCUT2D eigenvalue weighted by molar-refractivity contribution is 5.09. The summed E-state index contributed by atoms with van der Waals surface area (Å²) >= 11 is 0. The molecule has 1 rings (SSSR count). The zero-order chi connectivity index (χ0) is 9.19. The topological polar surface area (TPSA) is 0 Å². The average Bonchev–Trinajstić information content (AvgIpc) is 2.18. The first-order chi connectivity index (χ1) is 6.50. The Morgan fingerprint density at radius 3 is 2.62 bits per heavy atom. The van der Waals surface area contributed by atoms with Crippen molar-refractivity contribution in [2.75, 3.05) is 0 Å². The molecule has 0 nitrogen and oxygen atoms in total. The van der Waals surface area contributed by atoms with Gasteiger partial charge in [-0.15, -0.1) is 0 Å². The lowest BCUT2D eigenvalue weighted by atomic mass is 10.2. The van der Waals surface area contributed by atoms with Gasteiger partial charge in [-0.05, 0) is 38.2 Å². The molecular formula is C13H17. The molecule has 1 aliphatic carbocycles. The molecule has 0 bridgehead atoms. The van der Waals surface area contributed by atoms with E-state index < -0.39 is 0 Å². The van der Waals surface area contributed by atoms with Gasteiger partial charge in [0.05, 0.1) is 0 Å². The van der Waals surface area contributed by atoms with E-state index in [1.165, 1.54) is 19.3 Å². The lowest BCUT2D eigenvalue weighted by Crippen LogP contribution is -1.69. The number of allylic oxidation sites excluding steroid dienone is 8. The normalized spacial score (nSPS) is 19.1. The monoisotopic (exact) mass is 173 g/mol. The Bertz CT molecular complexity index is 216. The maximum atomic E-state index is 3.24. The fourth-order valence-electron chi connectivity index (χ4n) is 1.20. The van der Waals surface area contributed by atoms with E-state index in [0.717, 1.165) is 12.8 Å². The molecule has 0 unspecified atom stereocenters.